The van der Waals surface area contributed by atoms with E-state index in [0.29, 0.717) is 17.7 Å². The molecule has 2 aliphatic heterocycles. The lowest BCUT2D eigenvalue weighted by Gasteiger charge is -2.40. The van der Waals surface area contributed by atoms with Gasteiger partial charge in [0.15, 0.2) is 0 Å². The molecular formula is C13H15B2N3O3. The van der Waals surface area contributed by atoms with Crippen molar-refractivity contribution >= 4 is 39.1 Å². The van der Waals surface area contributed by atoms with Gasteiger partial charge in [-0.15, -0.1) is 0 Å². The molecule has 21 heavy (non-hydrogen) atoms. The number of piperidine rings is 1. The van der Waals surface area contributed by atoms with Crippen molar-refractivity contribution in [3.8, 4) is 0 Å². The van der Waals surface area contributed by atoms with Crippen LogP contribution in [0.15, 0.2) is 18.2 Å². The Morgan fingerprint density at radius 1 is 1.29 bits per heavy atom. The maximum atomic E-state index is 12.7. The van der Waals surface area contributed by atoms with Crippen LogP contribution in [0.2, 0.25) is 0 Å². The highest BCUT2D eigenvalue weighted by molar-refractivity contribution is 6.43. The number of hydrogen-bond donors (Lipinski definition) is 2. The molecule has 3 amide bonds. The molecule has 3 rings (SSSR count). The molecule has 0 spiro atoms. The number of nitrogens with zero attached hydrogens (tertiary/aromatic N) is 1. The summed E-state index contributed by atoms with van der Waals surface area (Å²) in [5.41, 5.74) is 7.85. The number of anilines is 1. The Labute approximate surface area is 123 Å². The molecule has 0 bridgehead atoms. The second-order valence-electron chi connectivity index (χ2n) is 5.97. The van der Waals surface area contributed by atoms with Gasteiger partial charge in [-0.2, -0.15) is 0 Å². The van der Waals surface area contributed by atoms with Crippen molar-refractivity contribution in [3.05, 3.63) is 29.3 Å². The van der Waals surface area contributed by atoms with Crippen LogP contribution in [-0.2, 0) is 14.9 Å². The first kappa shape index (κ1) is 13.7. The SMILES string of the molecule is BC1(B)c2c(N)cccc2C(=O)N1C1CCC(=O)NC1=O. The lowest BCUT2D eigenvalue weighted by molar-refractivity contribution is -0.137. The number of hydrogen-bond acceptors (Lipinski definition) is 4. The van der Waals surface area contributed by atoms with E-state index in [2.05, 4.69) is 5.32 Å². The molecule has 1 unspecified atom stereocenters. The van der Waals surface area contributed by atoms with Crippen LogP contribution in [0.25, 0.3) is 0 Å². The van der Waals surface area contributed by atoms with Gasteiger partial charge in [0.25, 0.3) is 5.91 Å². The number of nitrogen functional groups attached to an aromatic ring is 1. The Hall–Kier alpha value is -2.24. The van der Waals surface area contributed by atoms with Crippen LogP contribution < -0.4 is 11.1 Å². The second-order valence-corrected chi connectivity index (χ2v) is 5.97. The molecule has 1 aromatic carbocycles. The average Bonchev–Trinajstić information content (AvgIpc) is 2.60. The minimum Gasteiger partial charge on any atom is -0.398 e. The predicted molar refractivity (Wildman–Crippen MR) is 82.0 cm³/mol. The van der Waals surface area contributed by atoms with E-state index in [4.69, 9.17) is 5.73 Å². The van der Waals surface area contributed by atoms with Gasteiger partial charge in [0.2, 0.25) is 11.8 Å². The fourth-order valence-electron chi connectivity index (χ4n) is 3.39. The number of rotatable bonds is 1. The average molecular weight is 283 g/mol. The van der Waals surface area contributed by atoms with Gasteiger partial charge in [-0.3, -0.25) is 19.7 Å². The highest BCUT2D eigenvalue weighted by Gasteiger charge is 2.49. The summed E-state index contributed by atoms with van der Waals surface area (Å²) in [6, 6.07) is 4.57. The van der Waals surface area contributed by atoms with Gasteiger partial charge in [-0.1, -0.05) is 6.07 Å². The highest BCUT2D eigenvalue weighted by atomic mass is 16.2. The molecule has 1 atom stereocenters. The van der Waals surface area contributed by atoms with Crippen molar-refractivity contribution in [3.63, 3.8) is 0 Å². The van der Waals surface area contributed by atoms with Crippen LogP contribution in [0.5, 0.6) is 0 Å². The molecule has 0 radical (unpaired) electrons. The van der Waals surface area contributed by atoms with Gasteiger partial charge < -0.3 is 10.6 Å². The summed E-state index contributed by atoms with van der Waals surface area (Å²) in [6.45, 7) is 0. The number of carbonyl (C=O) groups excluding carboxylic acids is 3. The third kappa shape index (κ3) is 1.86. The molecule has 3 N–H and O–H groups in total. The summed E-state index contributed by atoms with van der Waals surface area (Å²) in [5.74, 6) is -0.923. The van der Waals surface area contributed by atoms with Crippen molar-refractivity contribution in [1.29, 1.82) is 0 Å². The van der Waals surface area contributed by atoms with E-state index in [1.165, 1.54) is 0 Å². The zero-order valence-electron chi connectivity index (χ0n) is 12.0. The number of amides is 3. The molecule has 1 fully saturated rings. The summed E-state index contributed by atoms with van der Waals surface area (Å²) in [4.78, 5) is 37.6. The second kappa shape index (κ2) is 4.38. The molecule has 0 aromatic heterocycles. The van der Waals surface area contributed by atoms with Gasteiger partial charge in [0.1, 0.15) is 21.7 Å². The van der Waals surface area contributed by atoms with E-state index >= 15 is 0 Å². The van der Waals surface area contributed by atoms with Gasteiger partial charge in [0.05, 0.1) is 0 Å². The third-order valence-corrected chi connectivity index (χ3v) is 4.28. The standard InChI is InChI=1S/C13H15B2N3O3/c14-13(15)10-6(2-1-3-7(10)16)12(21)18(13)8-4-5-9(19)17-11(8)20/h1-3,8H,4-5,14-16H2,(H,17,19,20). The molecule has 6 nitrogen and oxygen atoms in total. The largest absolute Gasteiger partial charge is 0.398 e. The van der Waals surface area contributed by atoms with Crippen LogP contribution >= 0.6 is 0 Å². The topological polar surface area (TPSA) is 92.5 Å². The number of carbonyl (C=O) groups is 3. The number of benzene rings is 1. The maximum absolute atomic E-state index is 12.7. The van der Waals surface area contributed by atoms with E-state index in [1.807, 2.05) is 15.7 Å². The van der Waals surface area contributed by atoms with E-state index in [-0.39, 0.29) is 18.2 Å². The Kier molecular flexibility index (Phi) is 2.86. The fourth-order valence-corrected chi connectivity index (χ4v) is 3.39. The van der Waals surface area contributed by atoms with Gasteiger partial charge in [0, 0.05) is 23.0 Å². The molecule has 1 saturated heterocycles. The fraction of sp³-hybridized carbons (Fsp3) is 0.308. The van der Waals surface area contributed by atoms with Crippen molar-refractivity contribution in [1.82, 2.24) is 10.2 Å². The van der Waals surface area contributed by atoms with Crippen LogP contribution in [-0.4, -0.2) is 44.4 Å². The quantitative estimate of drug-likeness (QED) is 0.351. The lowest BCUT2D eigenvalue weighted by Crippen LogP contribution is -2.59. The van der Waals surface area contributed by atoms with Crippen LogP contribution in [0, 0.1) is 0 Å². The van der Waals surface area contributed by atoms with E-state index < -0.39 is 17.3 Å². The van der Waals surface area contributed by atoms with Gasteiger partial charge in [-0.25, -0.2) is 0 Å². The van der Waals surface area contributed by atoms with Crippen molar-refractivity contribution in [2.24, 2.45) is 0 Å². The Morgan fingerprint density at radius 3 is 2.62 bits per heavy atom. The van der Waals surface area contributed by atoms with Crippen LogP contribution in [0.4, 0.5) is 5.69 Å². The molecular weight excluding hydrogens is 268 g/mol. The van der Waals surface area contributed by atoms with E-state index in [1.54, 1.807) is 23.1 Å². The molecule has 0 aliphatic carbocycles. The Balaban J connectivity index is 2.06. The number of nitrogens with one attached hydrogen (secondary N) is 1. The molecule has 1 aromatic rings. The Bertz CT molecular complexity index is 675. The smallest absolute Gasteiger partial charge is 0.254 e. The summed E-state index contributed by atoms with van der Waals surface area (Å²) in [6.07, 6.45) is 0.579. The van der Waals surface area contributed by atoms with E-state index in [9.17, 15) is 14.4 Å². The predicted octanol–water partition coefficient (Wildman–Crippen LogP) is -2.09. The summed E-state index contributed by atoms with van der Waals surface area (Å²) in [5, 5.41) is 1.62. The highest BCUT2D eigenvalue weighted by Crippen LogP contribution is 2.40. The van der Waals surface area contributed by atoms with E-state index in [0.717, 1.165) is 5.56 Å². The molecule has 2 heterocycles. The zero-order valence-corrected chi connectivity index (χ0v) is 12.0. The number of fused-ring (bicyclic) bond motifs is 1. The van der Waals surface area contributed by atoms with Crippen LogP contribution in [0.3, 0.4) is 0 Å². The van der Waals surface area contributed by atoms with Crippen LogP contribution in [0.1, 0.15) is 28.8 Å². The number of imide groups is 1. The first-order chi connectivity index (χ1) is 9.84. The third-order valence-electron chi connectivity index (χ3n) is 4.28. The molecule has 106 valence electrons. The Morgan fingerprint density at radius 2 is 2.00 bits per heavy atom. The minimum absolute atomic E-state index is 0.211. The van der Waals surface area contributed by atoms with Gasteiger partial charge >= 0.3 is 0 Å². The monoisotopic (exact) mass is 283 g/mol. The normalized spacial score (nSPS) is 23.9. The van der Waals surface area contributed by atoms with Gasteiger partial charge in [-0.05, 0) is 24.1 Å². The molecule has 2 aliphatic rings. The first-order valence-electron chi connectivity index (χ1n) is 6.90. The molecule has 0 saturated carbocycles. The summed E-state index contributed by atoms with van der Waals surface area (Å²) in [7, 11) is 3.74. The van der Waals surface area contributed by atoms with Crippen molar-refractivity contribution in [2.75, 3.05) is 5.73 Å². The first-order valence-corrected chi connectivity index (χ1v) is 6.90. The summed E-state index contributed by atoms with van der Waals surface area (Å²) < 4.78 is 0. The zero-order chi connectivity index (χ0) is 15.4. The van der Waals surface area contributed by atoms with Crippen molar-refractivity contribution in [2.45, 2.75) is 24.2 Å². The number of nitrogens with two attached hydrogens (primary N) is 1. The lowest BCUT2D eigenvalue weighted by atomic mass is 9.57. The van der Waals surface area contributed by atoms with Crippen molar-refractivity contribution < 1.29 is 14.4 Å². The summed E-state index contributed by atoms with van der Waals surface area (Å²) >= 11 is 0. The molecule has 8 heteroatoms. The maximum Gasteiger partial charge on any atom is 0.254 e. The minimum atomic E-state index is -0.680.